The van der Waals surface area contributed by atoms with Crippen molar-refractivity contribution in [3.05, 3.63) is 28.8 Å². The summed E-state index contributed by atoms with van der Waals surface area (Å²) < 4.78 is 5.50. The Morgan fingerprint density at radius 2 is 2.35 bits per heavy atom. The first-order valence-electron chi connectivity index (χ1n) is 5.77. The molecule has 0 spiro atoms. The predicted molar refractivity (Wildman–Crippen MR) is 68.2 cm³/mol. The van der Waals surface area contributed by atoms with Crippen LogP contribution in [-0.2, 0) is 4.74 Å². The highest BCUT2D eigenvalue weighted by atomic mass is 35.5. The van der Waals surface area contributed by atoms with E-state index in [1.165, 1.54) is 0 Å². The van der Waals surface area contributed by atoms with Gasteiger partial charge in [0, 0.05) is 12.6 Å². The fourth-order valence-corrected chi connectivity index (χ4v) is 2.29. The Labute approximate surface area is 106 Å². The number of halogens is 1. The lowest BCUT2D eigenvalue weighted by Gasteiger charge is -2.29. The van der Waals surface area contributed by atoms with Crippen molar-refractivity contribution in [3.8, 4) is 6.07 Å². The maximum atomic E-state index is 8.76. The van der Waals surface area contributed by atoms with Gasteiger partial charge in [0.1, 0.15) is 0 Å². The van der Waals surface area contributed by atoms with E-state index in [0.717, 1.165) is 25.1 Å². The maximum absolute atomic E-state index is 8.76. The molecule has 2 atom stereocenters. The highest BCUT2D eigenvalue weighted by Gasteiger charge is 2.19. The smallest absolute Gasteiger partial charge is 0.0992 e. The van der Waals surface area contributed by atoms with E-state index < -0.39 is 0 Å². The highest BCUT2D eigenvalue weighted by molar-refractivity contribution is 6.33. The predicted octanol–water partition coefficient (Wildman–Crippen LogP) is 3.19. The van der Waals surface area contributed by atoms with E-state index in [1.807, 2.05) is 6.07 Å². The molecule has 4 heteroatoms. The van der Waals surface area contributed by atoms with Gasteiger partial charge in [0.05, 0.1) is 28.4 Å². The SMILES string of the molecule is CC1CC(Nc2ccc(C#N)cc2Cl)CCO1. The van der Waals surface area contributed by atoms with Gasteiger partial charge in [0.15, 0.2) is 0 Å². The number of hydrogen-bond donors (Lipinski definition) is 1. The third-order valence-corrected chi connectivity index (χ3v) is 3.26. The number of nitrogens with zero attached hydrogens (tertiary/aromatic N) is 1. The van der Waals surface area contributed by atoms with Crippen molar-refractivity contribution in [1.29, 1.82) is 5.26 Å². The van der Waals surface area contributed by atoms with Gasteiger partial charge in [0.25, 0.3) is 0 Å². The molecule has 1 saturated heterocycles. The quantitative estimate of drug-likeness (QED) is 0.877. The van der Waals surface area contributed by atoms with Crippen LogP contribution in [0.2, 0.25) is 5.02 Å². The van der Waals surface area contributed by atoms with Crippen LogP contribution >= 0.6 is 11.6 Å². The van der Waals surface area contributed by atoms with E-state index in [4.69, 9.17) is 21.6 Å². The normalized spacial score (nSPS) is 24.1. The monoisotopic (exact) mass is 250 g/mol. The molecule has 1 fully saturated rings. The number of benzene rings is 1. The molecule has 17 heavy (non-hydrogen) atoms. The molecule has 3 nitrogen and oxygen atoms in total. The van der Waals surface area contributed by atoms with Crippen LogP contribution in [0.25, 0.3) is 0 Å². The van der Waals surface area contributed by atoms with Crippen LogP contribution in [0, 0.1) is 11.3 Å². The van der Waals surface area contributed by atoms with Crippen molar-refractivity contribution < 1.29 is 4.74 Å². The van der Waals surface area contributed by atoms with Crippen molar-refractivity contribution in [2.24, 2.45) is 0 Å². The summed E-state index contributed by atoms with van der Waals surface area (Å²) >= 11 is 6.12. The van der Waals surface area contributed by atoms with E-state index in [2.05, 4.69) is 18.3 Å². The van der Waals surface area contributed by atoms with Gasteiger partial charge < -0.3 is 10.1 Å². The molecule has 1 aliphatic rings. The zero-order chi connectivity index (χ0) is 12.3. The Morgan fingerprint density at radius 1 is 1.53 bits per heavy atom. The molecular formula is C13H15ClN2O. The van der Waals surface area contributed by atoms with Gasteiger partial charge in [-0.1, -0.05) is 11.6 Å². The lowest BCUT2D eigenvalue weighted by molar-refractivity contribution is 0.0232. The number of ether oxygens (including phenoxy) is 1. The van der Waals surface area contributed by atoms with Crippen LogP contribution in [0.15, 0.2) is 18.2 Å². The summed E-state index contributed by atoms with van der Waals surface area (Å²) in [5, 5.41) is 12.8. The molecular weight excluding hydrogens is 236 g/mol. The third kappa shape index (κ3) is 3.12. The van der Waals surface area contributed by atoms with Crippen molar-refractivity contribution in [2.75, 3.05) is 11.9 Å². The van der Waals surface area contributed by atoms with Crippen LogP contribution in [0.4, 0.5) is 5.69 Å². The van der Waals surface area contributed by atoms with Crippen molar-refractivity contribution in [1.82, 2.24) is 0 Å². The molecule has 0 saturated carbocycles. The zero-order valence-corrected chi connectivity index (χ0v) is 10.5. The molecule has 1 aliphatic heterocycles. The Bertz CT molecular complexity index is 442. The molecule has 0 amide bonds. The fourth-order valence-electron chi connectivity index (χ4n) is 2.05. The first-order valence-corrected chi connectivity index (χ1v) is 6.14. The minimum Gasteiger partial charge on any atom is -0.381 e. The number of hydrogen-bond acceptors (Lipinski definition) is 3. The molecule has 0 bridgehead atoms. The Balaban J connectivity index is 2.06. The molecule has 90 valence electrons. The van der Waals surface area contributed by atoms with Gasteiger partial charge in [-0.25, -0.2) is 0 Å². The van der Waals surface area contributed by atoms with Crippen molar-refractivity contribution >= 4 is 17.3 Å². The minimum absolute atomic E-state index is 0.290. The second-order valence-corrected chi connectivity index (χ2v) is 4.76. The molecule has 1 N–H and O–H groups in total. The van der Waals surface area contributed by atoms with Gasteiger partial charge in [-0.15, -0.1) is 0 Å². The maximum Gasteiger partial charge on any atom is 0.0992 e. The van der Waals surface area contributed by atoms with Gasteiger partial charge in [-0.05, 0) is 38.0 Å². The second-order valence-electron chi connectivity index (χ2n) is 4.35. The van der Waals surface area contributed by atoms with Crippen LogP contribution in [0.1, 0.15) is 25.3 Å². The van der Waals surface area contributed by atoms with Crippen LogP contribution in [-0.4, -0.2) is 18.8 Å². The van der Waals surface area contributed by atoms with Crippen molar-refractivity contribution in [2.45, 2.75) is 31.9 Å². The topological polar surface area (TPSA) is 45.0 Å². The molecule has 0 aromatic heterocycles. The molecule has 1 aromatic carbocycles. The zero-order valence-electron chi connectivity index (χ0n) is 9.74. The Morgan fingerprint density at radius 3 is 3.00 bits per heavy atom. The van der Waals surface area contributed by atoms with Crippen LogP contribution < -0.4 is 5.32 Å². The van der Waals surface area contributed by atoms with E-state index in [9.17, 15) is 0 Å². The summed E-state index contributed by atoms with van der Waals surface area (Å²) in [5.41, 5.74) is 1.48. The summed E-state index contributed by atoms with van der Waals surface area (Å²) in [6, 6.07) is 7.79. The largest absolute Gasteiger partial charge is 0.381 e. The highest BCUT2D eigenvalue weighted by Crippen LogP contribution is 2.26. The summed E-state index contributed by atoms with van der Waals surface area (Å²) in [6.45, 7) is 2.86. The van der Waals surface area contributed by atoms with Gasteiger partial charge in [0.2, 0.25) is 0 Å². The number of nitrogens with one attached hydrogen (secondary N) is 1. The number of anilines is 1. The van der Waals surface area contributed by atoms with Crippen LogP contribution in [0.3, 0.4) is 0 Å². The summed E-state index contributed by atoms with van der Waals surface area (Å²) in [6.07, 6.45) is 2.26. The average Bonchev–Trinajstić information content (AvgIpc) is 2.32. The van der Waals surface area contributed by atoms with Crippen LogP contribution in [0.5, 0.6) is 0 Å². The van der Waals surface area contributed by atoms with E-state index in [-0.39, 0.29) is 0 Å². The van der Waals surface area contributed by atoms with E-state index in [0.29, 0.717) is 22.7 Å². The standard InChI is InChI=1S/C13H15ClN2O/c1-9-6-11(4-5-17-9)16-13-3-2-10(8-15)7-12(13)14/h2-3,7,9,11,16H,4-6H2,1H3. The Kier molecular flexibility index (Phi) is 3.88. The summed E-state index contributed by atoms with van der Waals surface area (Å²) in [4.78, 5) is 0. The molecule has 1 aromatic rings. The van der Waals surface area contributed by atoms with Gasteiger partial charge in [-0.2, -0.15) is 5.26 Å². The summed E-state index contributed by atoms with van der Waals surface area (Å²) in [7, 11) is 0. The van der Waals surface area contributed by atoms with Crippen molar-refractivity contribution in [3.63, 3.8) is 0 Å². The number of rotatable bonds is 2. The molecule has 2 unspecified atom stereocenters. The molecule has 0 radical (unpaired) electrons. The molecule has 2 rings (SSSR count). The molecule has 0 aliphatic carbocycles. The second kappa shape index (κ2) is 5.39. The first kappa shape index (κ1) is 12.2. The minimum atomic E-state index is 0.290. The van der Waals surface area contributed by atoms with Gasteiger partial charge in [-0.3, -0.25) is 0 Å². The number of nitriles is 1. The average molecular weight is 251 g/mol. The lowest BCUT2D eigenvalue weighted by Crippen LogP contribution is -2.32. The molecule has 1 heterocycles. The first-order chi connectivity index (χ1) is 8.19. The van der Waals surface area contributed by atoms with E-state index >= 15 is 0 Å². The fraction of sp³-hybridized carbons (Fsp3) is 0.462. The van der Waals surface area contributed by atoms with E-state index in [1.54, 1.807) is 12.1 Å². The summed E-state index contributed by atoms with van der Waals surface area (Å²) in [5.74, 6) is 0. The van der Waals surface area contributed by atoms with Gasteiger partial charge >= 0.3 is 0 Å². The third-order valence-electron chi connectivity index (χ3n) is 2.94. The Hall–Kier alpha value is -1.24. The lowest BCUT2D eigenvalue weighted by atomic mass is 10.0.